The zero-order chi connectivity index (χ0) is 18.1. The van der Waals surface area contributed by atoms with E-state index in [4.69, 9.17) is 4.74 Å². The van der Waals surface area contributed by atoms with Gasteiger partial charge in [-0.25, -0.2) is 9.97 Å². The minimum absolute atomic E-state index is 0.0381. The van der Waals surface area contributed by atoms with Crippen LogP contribution in [0.15, 0.2) is 61.2 Å². The summed E-state index contributed by atoms with van der Waals surface area (Å²) in [5.41, 5.74) is 1.73. The fourth-order valence-electron chi connectivity index (χ4n) is 2.61. The molecule has 0 saturated carbocycles. The number of alkyl halides is 3. The molecule has 4 rings (SSSR count). The molecular weight excluding hydrogens is 345 g/mol. The average molecular weight is 358 g/mol. The van der Waals surface area contributed by atoms with Crippen molar-refractivity contribution in [3.63, 3.8) is 0 Å². The van der Waals surface area contributed by atoms with Gasteiger partial charge in [0.05, 0.1) is 22.9 Å². The highest BCUT2D eigenvalue weighted by Gasteiger charge is 2.30. The largest absolute Gasteiger partial charge is 0.486 e. The molecule has 0 aliphatic rings. The highest BCUT2D eigenvalue weighted by molar-refractivity contribution is 5.77. The molecule has 5 nitrogen and oxygen atoms in total. The molecule has 2 aromatic carbocycles. The topological polar surface area (TPSA) is 55.7 Å². The first-order valence-electron chi connectivity index (χ1n) is 7.76. The highest BCUT2D eigenvalue weighted by Crippen LogP contribution is 2.31. The number of ether oxygens (including phenoxy) is 1. The van der Waals surface area contributed by atoms with Gasteiger partial charge < -0.3 is 14.3 Å². The van der Waals surface area contributed by atoms with E-state index in [1.165, 1.54) is 12.1 Å². The number of aromatic amines is 1. The second kappa shape index (κ2) is 6.21. The Kier molecular flexibility index (Phi) is 3.87. The van der Waals surface area contributed by atoms with E-state index in [0.717, 1.165) is 28.9 Å². The molecule has 0 aliphatic carbocycles. The third-order valence-corrected chi connectivity index (χ3v) is 3.85. The summed E-state index contributed by atoms with van der Waals surface area (Å²) in [6.07, 6.45) is 0.804. The maximum atomic E-state index is 12.7. The summed E-state index contributed by atoms with van der Waals surface area (Å²) in [5.74, 6) is 0.666. The van der Waals surface area contributed by atoms with Crippen molar-refractivity contribution in [1.29, 1.82) is 0 Å². The van der Waals surface area contributed by atoms with E-state index >= 15 is 0 Å². The maximum Gasteiger partial charge on any atom is 0.416 e. The van der Waals surface area contributed by atoms with E-state index in [2.05, 4.69) is 15.0 Å². The molecule has 132 valence electrons. The zero-order valence-corrected chi connectivity index (χ0v) is 13.4. The number of rotatable bonds is 4. The van der Waals surface area contributed by atoms with Gasteiger partial charge in [-0.3, -0.25) is 0 Å². The van der Waals surface area contributed by atoms with Gasteiger partial charge >= 0.3 is 6.18 Å². The maximum absolute atomic E-state index is 12.7. The van der Waals surface area contributed by atoms with Gasteiger partial charge in [-0.1, -0.05) is 6.07 Å². The SMILES string of the molecule is FC(F)(F)c1cccc(OCc2nc3ccc(-n4ccnc4)cc3[nH]2)c1. The summed E-state index contributed by atoms with van der Waals surface area (Å²) in [5, 5.41) is 0. The second-order valence-electron chi connectivity index (χ2n) is 5.67. The van der Waals surface area contributed by atoms with Gasteiger partial charge in [0.1, 0.15) is 18.2 Å². The van der Waals surface area contributed by atoms with Gasteiger partial charge in [0, 0.05) is 18.1 Å². The fraction of sp³-hybridized carbons (Fsp3) is 0.111. The van der Waals surface area contributed by atoms with E-state index in [1.54, 1.807) is 12.5 Å². The van der Waals surface area contributed by atoms with Crippen molar-refractivity contribution in [2.45, 2.75) is 12.8 Å². The van der Waals surface area contributed by atoms with Crippen molar-refractivity contribution in [3.8, 4) is 11.4 Å². The molecule has 2 heterocycles. The molecule has 26 heavy (non-hydrogen) atoms. The normalized spacial score (nSPS) is 11.8. The molecule has 0 spiro atoms. The van der Waals surface area contributed by atoms with Crippen LogP contribution in [0.4, 0.5) is 13.2 Å². The minimum atomic E-state index is -4.40. The Hall–Kier alpha value is -3.29. The van der Waals surface area contributed by atoms with Crippen molar-refractivity contribution < 1.29 is 17.9 Å². The van der Waals surface area contributed by atoms with Crippen molar-refractivity contribution in [2.75, 3.05) is 0 Å². The lowest BCUT2D eigenvalue weighted by Gasteiger charge is -2.09. The van der Waals surface area contributed by atoms with E-state index in [1.807, 2.05) is 29.0 Å². The number of aromatic nitrogens is 4. The lowest BCUT2D eigenvalue weighted by atomic mass is 10.2. The molecule has 0 fully saturated rings. The summed E-state index contributed by atoms with van der Waals surface area (Å²) in [4.78, 5) is 11.5. The number of nitrogens with zero attached hydrogens (tertiary/aromatic N) is 3. The second-order valence-corrected chi connectivity index (χ2v) is 5.67. The van der Waals surface area contributed by atoms with Crippen molar-refractivity contribution in [3.05, 3.63) is 72.6 Å². The fourth-order valence-corrected chi connectivity index (χ4v) is 2.61. The van der Waals surface area contributed by atoms with Crippen LogP contribution in [0, 0.1) is 0 Å². The Bertz CT molecular complexity index is 1040. The number of nitrogens with one attached hydrogen (secondary N) is 1. The zero-order valence-electron chi connectivity index (χ0n) is 13.4. The van der Waals surface area contributed by atoms with Crippen molar-refractivity contribution in [2.24, 2.45) is 0 Å². The molecule has 1 N–H and O–H groups in total. The lowest BCUT2D eigenvalue weighted by molar-refractivity contribution is -0.137. The number of imidazole rings is 2. The Morgan fingerprint density at radius 2 is 2.00 bits per heavy atom. The Labute approximate surface area is 146 Å². The van der Waals surface area contributed by atoms with Gasteiger partial charge in [0.15, 0.2) is 0 Å². The van der Waals surface area contributed by atoms with Crippen LogP contribution < -0.4 is 4.74 Å². The molecule has 0 atom stereocenters. The molecule has 0 saturated heterocycles. The summed E-state index contributed by atoms with van der Waals surface area (Å²) >= 11 is 0. The van der Waals surface area contributed by atoms with Crippen LogP contribution in [0.1, 0.15) is 11.4 Å². The van der Waals surface area contributed by atoms with E-state index in [0.29, 0.717) is 5.82 Å². The molecule has 8 heteroatoms. The summed E-state index contributed by atoms with van der Waals surface area (Å²) in [6.45, 7) is 0.0381. The molecule has 0 unspecified atom stereocenters. The van der Waals surface area contributed by atoms with E-state index in [9.17, 15) is 13.2 Å². The number of fused-ring (bicyclic) bond motifs is 1. The molecule has 2 aromatic heterocycles. The first kappa shape index (κ1) is 16.2. The predicted molar refractivity (Wildman–Crippen MR) is 89.0 cm³/mol. The van der Waals surface area contributed by atoms with Crippen LogP contribution >= 0.6 is 0 Å². The number of benzene rings is 2. The number of halogens is 3. The third-order valence-electron chi connectivity index (χ3n) is 3.85. The number of hydrogen-bond donors (Lipinski definition) is 1. The van der Waals surface area contributed by atoms with Gasteiger partial charge in [-0.15, -0.1) is 0 Å². The third kappa shape index (κ3) is 3.26. The van der Waals surface area contributed by atoms with Crippen LogP contribution in [0.5, 0.6) is 5.75 Å². The first-order chi connectivity index (χ1) is 12.5. The first-order valence-corrected chi connectivity index (χ1v) is 7.76. The van der Waals surface area contributed by atoms with Gasteiger partial charge in [-0.2, -0.15) is 13.2 Å². The van der Waals surface area contributed by atoms with Crippen LogP contribution in [-0.4, -0.2) is 19.5 Å². The van der Waals surface area contributed by atoms with Gasteiger partial charge in [0.2, 0.25) is 0 Å². The lowest BCUT2D eigenvalue weighted by Crippen LogP contribution is -2.05. The molecule has 0 aliphatic heterocycles. The summed E-state index contributed by atoms with van der Waals surface area (Å²) in [7, 11) is 0. The predicted octanol–water partition coefficient (Wildman–Crippen LogP) is 4.35. The van der Waals surface area contributed by atoms with Crippen molar-refractivity contribution in [1.82, 2.24) is 19.5 Å². The molecule has 0 radical (unpaired) electrons. The minimum Gasteiger partial charge on any atom is -0.486 e. The monoisotopic (exact) mass is 358 g/mol. The van der Waals surface area contributed by atoms with Gasteiger partial charge in [-0.05, 0) is 36.4 Å². The van der Waals surface area contributed by atoms with Gasteiger partial charge in [0.25, 0.3) is 0 Å². The van der Waals surface area contributed by atoms with E-state index < -0.39 is 11.7 Å². The van der Waals surface area contributed by atoms with Crippen molar-refractivity contribution >= 4 is 11.0 Å². The Balaban J connectivity index is 1.53. The smallest absolute Gasteiger partial charge is 0.416 e. The van der Waals surface area contributed by atoms with E-state index in [-0.39, 0.29) is 12.4 Å². The molecule has 4 aromatic rings. The number of H-pyrrole nitrogens is 1. The Morgan fingerprint density at radius 3 is 2.77 bits per heavy atom. The standard InChI is InChI=1S/C18H13F3N4O/c19-18(20,21)12-2-1-3-14(8-12)26-10-17-23-15-5-4-13(9-16(15)24-17)25-7-6-22-11-25/h1-9,11H,10H2,(H,23,24). The summed E-state index contributed by atoms with van der Waals surface area (Å²) in [6, 6.07) is 10.4. The van der Waals surface area contributed by atoms with Crippen LogP contribution in [0.3, 0.4) is 0 Å². The average Bonchev–Trinajstić information content (AvgIpc) is 3.28. The molecule has 0 amide bonds. The molecular formula is C18H13F3N4O. The quantitative estimate of drug-likeness (QED) is 0.590. The highest BCUT2D eigenvalue weighted by atomic mass is 19.4. The van der Waals surface area contributed by atoms with Crippen LogP contribution in [0.2, 0.25) is 0 Å². The van der Waals surface area contributed by atoms with Crippen LogP contribution in [0.25, 0.3) is 16.7 Å². The summed E-state index contributed by atoms with van der Waals surface area (Å²) < 4.78 is 45.5. The van der Waals surface area contributed by atoms with Crippen LogP contribution in [-0.2, 0) is 12.8 Å². The molecule has 0 bridgehead atoms. The number of hydrogen-bond acceptors (Lipinski definition) is 3. The Morgan fingerprint density at radius 1 is 1.12 bits per heavy atom.